The van der Waals surface area contributed by atoms with Crippen LogP contribution in [0.4, 0.5) is 0 Å². The first-order valence-corrected chi connectivity index (χ1v) is 10.5. The molecule has 2 atom stereocenters. The Bertz CT molecular complexity index is 740. The van der Waals surface area contributed by atoms with Crippen molar-refractivity contribution in [2.24, 2.45) is 11.8 Å². The van der Waals surface area contributed by atoms with E-state index < -0.39 is 5.97 Å². The molecule has 152 valence electrons. The standard InChI is InChI=1S/C22H29NO5/c24-20(15-4-3-5-16(12-15)21(25)26)23-14-22(8-1-2-9-22)17-6-7-18-19(13-17)28-11-10-27-18/h6-7,13,15-16H,1-5,8-12,14H2,(H,23,24)(H,25,26). The minimum Gasteiger partial charge on any atom is -0.486 e. The van der Waals surface area contributed by atoms with E-state index >= 15 is 0 Å². The average Bonchev–Trinajstić information content (AvgIpc) is 3.22. The molecule has 1 aromatic carbocycles. The van der Waals surface area contributed by atoms with Crippen LogP contribution in [0.25, 0.3) is 0 Å². The number of amides is 1. The van der Waals surface area contributed by atoms with Gasteiger partial charge >= 0.3 is 5.97 Å². The molecule has 2 saturated carbocycles. The second-order valence-electron chi connectivity index (χ2n) is 8.46. The number of fused-ring (bicyclic) bond motifs is 1. The number of carboxylic acid groups (broad SMARTS) is 1. The van der Waals surface area contributed by atoms with Gasteiger partial charge in [0, 0.05) is 17.9 Å². The fraction of sp³-hybridized carbons (Fsp3) is 0.636. The van der Waals surface area contributed by atoms with Crippen LogP contribution in [0.5, 0.6) is 11.5 Å². The highest BCUT2D eigenvalue weighted by Gasteiger charge is 2.38. The lowest BCUT2D eigenvalue weighted by atomic mass is 9.77. The third-order valence-electron chi connectivity index (χ3n) is 6.71. The molecule has 2 N–H and O–H groups in total. The molecule has 28 heavy (non-hydrogen) atoms. The van der Waals surface area contributed by atoms with E-state index in [2.05, 4.69) is 17.4 Å². The Balaban J connectivity index is 1.45. The van der Waals surface area contributed by atoms with E-state index in [-0.39, 0.29) is 23.2 Å². The van der Waals surface area contributed by atoms with Crippen LogP contribution in [0.2, 0.25) is 0 Å². The van der Waals surface area contributed by atoms with Crippen LogP contribution >= 0.6 is 0 Å². The average molecular weight is 387 g/mol. The van der Waals surface area contributed by atoms with Gasteiger partial charge in [0.05, 0.1) is 5.92 Å². The van der Waals surface area contributed by atoms with Gasteiger partial charge < -0.3 is 19.9 Å². The molecule has 2 fully saturated rings. The summed E-state index contributed by atoms with van der Waals surface area (Å²) in [6, 6.07) is 6.16. The van der Waals surface area contributed by atoms with Crippen LogP contribution in [0.3, 0.4) is 0 Å². The zero-order chi connectivity index (χ0) is 19.6. The van der Waals surface area contributed by atoms with Crippen LogP contribution in [0, 0.1) is 11.8 Å². The van der Waals surface area contributed by atoms with Gasteiger partial charge in [-0.25, -0.2) is 0 Å². The summed E-state index contributed by atoms with van der Waals surface area (Å²) >= 11 is 0. The maximum Gasteiger partial charge on any atom is 0.306 e. The second-order valence-corrected chi connectivity index (χ2v) is 8.46. The third kappa shape index (κ3) is 3.82. The van der Waals surface area contributed by atoms with Crippen LogP contribution in [-0.2, 0) is 15.0 Å². The predicted molar refractivity (Wildman–Crippen MR) is 104 cm³/mol. The summed E-state index contributed by atoms with van der Waals surface area (Å²) in [7, 11) is 0. The topological polar surface area (TPSA) is 84.9 Å². The molecule has 6 nitrogen and oxygen atoms in total. The molecule has 4 rings (SSSR count). The number of benzene rings is 1. The Kier molecular flexibility index (Phi) is 5.47. The SMILES string of the molecule is O=C(O)C1CCCC(C(=O)NCC2(c3ccc4c(c3)OCCO4)CCCC2)C1. The molecule has 6 heteroatoms. The third-order valence-corrected chi connectivity index (χ3v) is 6.71. The molecule has 2 aliphatic carbocycles. The van der Waals surface area contributed by atoms with E-state index in [9.17, 15) is 14.7 Å². The maximum atomic E-state index is 12.8. The van der Waals surface area contributed by atoms with E-state index in [0.29, 0.717) is 32.6 Å². The zero-order valence-electron chi connectivity index (χ0n) is 16.2. The van der Waals surface area contributed by atoms with E-state index in [4.69, 9.17) is 9.47 Å². The van der Waals surface area contributed by atoms with Crippen molar-refractivity contribution in [3.05, 3.63) is 23.8 Å². The van der Waals surface area contributed by atoms with Crippen molar-refractivity contribution >= 4 is 11.9 Å². The van der Waals surface area contributed by atoms with E-state index in [1.807, 2.05) is 6.07 Å². The van der Waals surface area contributed by atoms with Crippen molar-refractivity contribution in [3.63, 3.8) is 0 Å². The maximum absolute atomic E-state index is 12.8. The Labute approximate surface area is 165 Å². The fourth-order valence-electron chi connectivity index (χ4n) is 5.05. The van der Waals surface area contributed by atoms with Crippen molar-refractivity contribution in [2.45, 2.75) is 56.8 Å². The van der Waals surface area contributed by atoms with Gasteiger partial charge in [-0.15, -0.1) is 0 Å². The highest BCUT2D eigenvalue weighted by atomic mass is 16.6. The molecule has 0 spiro atoms. The lowest BCUT2D eigenvalue weighted by Gasteiger charge is -2.33. The molecule has 0 aromatic heterocycles. The molecule has 0 radical (unpaired) electrons. The number of carboxylic acids is 1. The Morgan fingerprint density at radius 2 is 1.75 bits per heavy atom. The summed E-state index contributed by atoms with van der Waals surface area (Å²) in [6.07, 6.45) is 7.10. The largest absolute Gasteiger partial charge is 0.486 e. The summed E-state index contributed by atoms with van der Waals surface area (Å²) in [5, 5.41) is 12.4. The molecule has 1 amide bonds. The predicted octanol–water partition coefficient (Wildman–Crippen LogP) is 3.28. The smallest absolute Gasteiger partial charge is 0.306 e. The van der Waals surface area contributed by atoms with E-state index in [1.165, 1.54) is 5.56 Å². The summed E-state index contributed by atoms with van der Waals surface area (Å²) in [6.45, 7) is 1.73. The second kappa shape index (κ2) is 8.02. The van der Waals surface area contributed by atoms with Crippen molar-refractivity contribution < 1.29 is 24.2 Å². The van der Waals surface area contributed by atoms with Gasteiger partial charge in [0.25, 0.3) is 0 Å². The number of ether oxygens (including phenoxy) is 2. The van der Waals surface area contributed by atoms with Crippen LogP contribution in [0.1, 0.15) is 56.9 Å². The number of carbonyl (C=O) groups excluding carboxylic acids is 1. The molecular formula is C22H29NO5. The van der Waals surface area contributed by atoms with E-state index in [1.54, 1.807) is 0 Å². The molecule has 1 aliphatic heterocycles. The number of rotatable bonds is 5. The highest BCUT2D eigenvalue weighted by Crippen LogP contribution is 2.44. The van der Waals surface area contributed by atoms with Crippen LogP contribution < -0.4 is 14.8 Å². The Hall–Kier alpha value is -2.24. The van der Waals surface area contributed by atoms with Gasteiger partial charge in [-0.1, -0.05) is 25.3 Å². The number of hydrogen-bond acceptors (Lipinski definition) is 4. The number of aliphatic carboxylic acids is 1. The summed E-state index contributed by atoms with van der Waals surface area (Å²) in [5.41, 5.74) is 1.12. The molecule has 0 bridgehead atoms. The van der Waals surface area contributed by atoms with Gasteiger partial charge in [0.1, 0.15) is 13.2 Å². The van der Waals surface area contributed by atoms with Crippen molar-refractivity contribution in [3.8, 4) is 11.5 Å². The summed E-state index contributed by atoms with van der Waals surface area (Å²) in [5.74, 6) is 0.235. The highest BCUT2D eigenvalue weighted by molar-refractivity contribution is 5.80. The minimum atomic E-state index is -0.777. The summed E-state index contributed by atoms with van der Waals surface area (Å²) in [4.78, 5) is 24.1. The van der Waals surface area contributed by atoms with Gasteiger partial charge in [-0.2, -0.15) is 0 Å². The minimum absolute atomic E-state index is 0.00904. The van der Waals surface area contributed by atoms with Gasteiger partial charge in [0.2, 0.25) is 5.91 Å². The molecule has 0 saturated heterocycles. The van der Waals surface area contributed by atoms with Gasteiger partial charge in [-0.3, -0.25) is 9.59 Å². The lowest BCUT2D eigenvalue weighted by molar-refractivity contribution is -0.144. The molecule has 1 heterocycles. The Morgan fingerprint density at radius 1 is 1.04 bits per heavy atom. The fourth-order valence-corrected chi connectivity index (χ4v) is 5.05. The summed E-state index contributed by atoms with van der Waals surface area (Å²) < 4.78 is 11.4. The van der Waals surface area contributed by atoms with Gasteiger partial charge in [-0.05, 0) is 49.8 Å². The van der Waals surface area contributed by atoms with Gasteiger partial charge in [0.15, 0.2) is 11.5 Å². The molecule has 3 aliphatic rings. The number of nitrogens with one attached hydrogen (secondary N) is 1. The molecule has 2 unspecified atom stereocenters. The lowest BCUT2D eigenvalue weighted by Crippen LogP contribution is -2.43. The first-order chi connectivity index (χ1) is 13.6. The first-order valence-electron chi connectivity index (χ1n) is 10.5. The molecular weight excluding hydrogens is 358 g/mol. The number of carbonyl (C=O) groups is 2. The quantitative estimate of drug-likeness (QED) is 0.810. The zero-order valence-corrected chi connectivity index (χ0v) is 16.2. The normalized spacial score (nSPS) is 25.9. The number of hydrogen-bond donors (Lipinski definition) is 2. The first kappa shape index (κ1) is 19.1. The van der Waals surface area contributed by atoms with Crippen molar-refractivity contribution in [2.75, 3.05) is 19.8 Å². The van der Waals surface area contributed by atoms with Crippen molar-refractivity contribution in [1.82, 2.24) is 5.32 Å². The van der Waals surface area contributed by atoms with Crippen molar-refractivity contribution in [1.29, 1.82) is 0 Å². The monoisotopic (exact) mass is 387 g/mol. The van der Waals surface area contributed by atoms with Crippen LogP contribution in [0.15, 0.2) is 18.2 Å². The van der Waals surface area contributed by atoms with E-state index in [0.717, 1.165) is 50.0 Å². The molecule has 1 aromatic rings. The van der Waals surface area contributed by atoms with Crippen LogP contribution in [-0.4, -0.2) is 36.7 Å². The Morgan fingerprint density at radius 3 is 2.50 bits per heavy atom.